The molecule has 1 aliphatic heterocycles. The lowest BCUT2D eigenvalue weighted by molar-refractivity contribution is -0.131. The highest BCUT2D eigenvalue weighted by atomic mass is 16.2. The first kappa shape index (κ1) is 26.2. The van der Waals surface area contributed by atoms with E-state index >= 15 is 0 Å². The standard InChI is InChI=1S/C31H39N5O2/c1-22(37)36(2)26-12-6-23(7-13-26)20-29(38)35-31(17-3-4-18-34-31)28-14-19-33-21-27(28)24-8-10-25(11-9-24)30(32)15-5-16-30/h3-4,8-11,14,17-19,21,23,26,34H,5-7,12-13,15-16,20,32H2,1-2H3,(H,35,38)/t23-,26-,31?. The maximum absolute atomic E-state index is 13.4. The molecule has 2 fully saturated rings. The average molecular weight is 514 g/mol. The van der Waals surface area contributed by atoms with Crippen LogP contribution in [0.3, 0.4) is 0 Å². The normalized spacial score (nSPS) is 25.7. The Balaban J connectivity index is 1.33. The van der Waals surface area contributed by atoms with Gasteiger partial charge in [-0.15, -0.1) is 0 Å². The number of hydrogen-bond donors (Lipinski definition) is 3. The lowest BCUT2D eigenvalue weighted by atomic mass is 9.72. The van der Waals surface area contributed by atoms with Crippen LogP contribution in [0.5, 0.6) is 0 Å². The summed E-state index contributed by atoms with van der Waals surface area (Å²) in [5.74, 6) is 0.421. The molecule has 2 amide bonds. The molecule has 7 nitrogen and oxygen atoms in total. The number of nitrogens with two attached hydrogens (primary N) is 1. The minimum Gasteiger partial charge on any atom is -0.362 e. The summed E-state index contributed by atoms with van der Waals surface area (Å²) in [6.07, 6.45) is 18.8. The maximum Gasteiger partial charge on any atom is 0.222 e. The van der Waals surface area contributed by atoms with Gasteiger partial charge in [0.15, 0.2) is 5.66 Å². The molecule has 1 unspecified atom stereocenters. The fraction of sp³-hybridized carbons (Fsp3) is 0.452. The van der Waals surface area contributed by atoms with Crippen molar-refractivity contribution < 1.29 is 9.59 Å². The number of nitrogens with one attached hydrogen (secondary N) is 2. The van der Waals surface area contributed by atoms with Gasteiger partial charge in [0, 0.05) is 55.5 Å². The minimum atomic E-state index is -0.877. The van der Waals surface area contributed by atoms with Crippen LogP contribution in [0, 0.1) is 5.92 Å². The van der Waals surface area contributed by atoms with Crippen molar-refractivity contribution in [3.05, 3.63) is 78.3 Å². The molecule has 2 saturated carbocycles. The van der Waals surface area contributed by atoms with Gasteiger partial charge in [-0.25, -0.2) is 0 Å². The summed E-state index contributed by atoms with van der Waals surface area (Å²) in [5.41, 5.74) is 9.56. The first-order valence-electron chi connectivity index (χ1n) is 13.8. The zero-order chi connectivity index (χ0) is 26.8. The van der Waals surface area contributed by atoms with Crippen molar-refractivity contribution >= 4 is 11.8 Å². The van der Waals surface area contributed by atoms with Crippen LogP contribution in [0.2, 0.25) is 0 Å². The summed E-state index contributed by atoms with van der Waals surface area (Å²) in [6.45, 7) is 1.61. The van der Waals surface area contributed by atoms with Crippen LogP contribution < -0.4 is 16.4 Å². The molecule has 7 heteroatoms. The van der Waals surface area contributed by atoms with Crippen molar-refractivity contribution in [3.8, 4) is 11.1 Å². The molecule has 2 heterocycles. The van der Waals surface area contributed by atoms with Gasteiger partial charge < -0.3 is 21.3 Å². The van der Waals surface area contributed by atoms with E-state index in [-0.39, 0.29) is 23.4 Å². The molecule has 2 aromatic rings. The quantitative estimate of drug-likeness (QED) is 0.508. The summed E-state index contributed by atoms with van der Waals surface area (Å²) in [7, 11) is 1.87. The van der Waals surface area contributed by atoms with Gasteiger partial charge in [-0.1, -0.05) is 30.3 Å². The van der Waals surface area contributed by atoms with Crippen LogP contribution in [-0.2, 0) is 20.8 Å². The lowest BCUT2D eigenvalue weighted by Gasteiger charge is -2.39. The second kappa shape index (κ2) is 10.7. The zero-order valence-corrected chi connectivity index (χ0v) is 22.5. The highest BCUT2D eigenvalue weighted by molar-refractivity contribution is 5.79. The molecule has 5 rings (SSSR count). The van der Waals surface area contributed by atoms with Gasteiger partial charge in [0.1, 0.15) is 0 Å². The average Bonchev–Trinajstić information content (AvgIpc) is 2.92. The van der Waals surface area contributed by atoms with Crippen LogP contribution in [0.25, 0.3) is 11.1 Å². The third-order valence-electron chi connectivity index (χ3n) is 8.80. The monoisotopic (exact) mass is 513 g/mol. The third kappa shape index (κ3) is 5.25. The van der Waals surface area contributed by atoms with Gasteiger partial charge in [0.2, 0.25) is 11.8 Å². The van der Waals surface area contributed by atoms with Crippen molar-refractivity contribution in [1.29, 1.82) is 0 Å². The van der Waals surface area contributed by atoms with E-state index in [1.54, 1.807) is 13.1 Å². The Morgan fingerprint density at radius 1 is 1.11 bits per heavy atom. The third-order valence-corrected chi connectivity index (χ3v) is 8.80. The molecule has 200 valence electrons. The second-order valence-electron chi connectivity index (χ2n) is 11.2. The summed E-state index contributed by atoms with van der Waals surface area (Å²) >= 11 is 0. The van der Waals surface area contributed by atoms with Crippen molar-refractivity contribution in [2.24, 2.45) is 11.7 Å². The van der Waals surface area contributed by atoms with Gasteiger partial charge in [0.05, 0.1) is 0 Å². The summed E-state index contributed by atoms with van der Waals surface area (Å²) in [6, 6.07) is 10.7. The molecule has 1 aromatic heterocycles. The Kier molecular flexibility index (Phi) is 7.39. The van der Waals surface area contributed by atoms with Crippen LogP contribution >= 0.6 is 0 Å². The molecule has 0 bridgehead atoms. The van der Waals surface area contributed by atoms with Crippen molar-refractivity contribution in [2.45, 2.75) is 75.5 Å². The Hall–Kier alpha value is -3.45. The van der Waals surface area contributed by atoms with E-state index in [0.717, 1.165) is 55.2 Å². The van der Waals surface area contributed by atoms with E-state index in [9.17, 15) is 9.59 Å². The minimum absolute atomic E-state index is 0.00832. The van der Waals surface area contributed by atoms with E-state index in [0.29, 0.717) is 12.3 Å². The predicted molar refractivity (Wildman–Crippen MR) is 149 cm³/mol. The van der Waals surface area contributed by atoms with E-state index in [2.05, 4.69) is 39.9 Å². The first-order valence-corrected chi connectivity index (χ1v) is 13.8. The number of aromatic nitrogens is 1. The number of benzene rings is 1. The van der Waals surface area contributed by atoms with Crippen molar-refractivity contribution in [2.75, 3.05) is 7.05 Å². The molecule has 38 heavy (non-hydrogen) atoms. The largest absolute Gasteiger partial charge is 0.362 e. The summed E-state index contributed by atoms with van der Waals surface area (Å²) in [5, 5.41) is 6.74. The number of carbonyl (C=O) groups excluding carboxylic acids is 2. The van der Waals surface area contributed by atoms with Crippen molar-refractivity contribution in [3.63, 3.8) is 0 Å². The number of allylic oxidation sites excluding steroid dienone is 2. The Morgan fingerprint density at radius 3 is 2.45 bits per heavy atom. The fourth-order valence-electron chi connectivity index (χ4n) is 6.12. The number of carbonyl (C=O) groups is 2. The Labute approximate surface area is 225 Å². The SMILES string of the molecule is CC(=O)N(C)[C@H]1CC[C@H](CC(=O)NC2(c3ccncc3-c3ccc(C4(N)CCC4)cc3)C=CC=CN2)CC1. The lowest BCUT2D eigenvalue weighted by Crippen LogP contribution is -2.54. The Bertz CT molecular complexity index is 1230. The van der Waals surface area contributed by atoms with E-state index in [1.165, 1.54) is 12.0 Å². The van der Waals surface area contributed by atoms with E-state index in [1.807, 2.05) is 48.6 Å². The first-order chi connectivity index (χ1) is 18.3. The fourth-order valence-corrected chi connectivity index (χ4v) is 6.12. The van der Waals surface area contributed by atoms with Crippen LogP contribution in [0.15, 0.2) is 67.2 Å². The van der Waals surface area contributed by atoms with Gasteiger partial charge in [-0.3, -0.25) is 14.6 Å². The number of nitrogens with zero attached hydrogens (tertiary/aromatic N) is 2. The molecule has 0 radical (unpaired) electrons. The summed E-state index contributed by atoms with van der Waals surface area (Å²) < 4.78 is 0. The molecule has 0 spiro atoms. The van der Waals surface area contributed by atoms with Gasteiger partial charge in [-0.2, -0.15) is 0 Å². The Morgan fingerprint density at radius 2 is 1.84 bits per heavy atom. The van der Waals surface area contributed by atoms with Crippen LogP contribution in [0.4, 0.5) is 0 Å². The maximum atomic E-state index is 13.4. The summed E-state index contributed by atoms with van der Waals surface area (Å²) in [4.78, 5) is 31.4. The zero-order valence-electron chi connectivity index (χ0n) is 22.5. The number of rotatable bonds is 7. The molecule has 0 saturated heterocycles. The molecule has 1 atom stereocenters. The molecule has 3 aliphatic rings. The predicted octanol–water partition coefficient (Wildman–Crippen LogP) is 4.46. The number of dihydropyridines is 1. The van der Waals surface area contributed by atoms with Crippen LogP contribution in [0.1, 0.15) is 69.4 Å². The van der Waals surface area contributed by atoms with Gasteiger partial charge in [-0.05, 0) is 86.4 Å². The highest BCUT2D eigenvalue weighted by Crippen LogP contribution is 2.40. The second-order valence-corrected chi connectivity index (χ2v) is 11.2. The number of pyridine rings is 1. The van der Waals surface area contributed by atoms with Crippen LogP contribution in [-0.4, -0.2) is 34.8 Å². The number of amides is 2. The molecule has 1 aromatic carbocycles. The van der Waals surface area contributed by atoms with E-state index < -0.39 is 5.66 Å². The van der Waals surface area contributed by atoms with Gasteiger partial charge >= 0.3 is 0 Å². The van der Waals surface area contributed by atoms with Crippen molar-refractivity contribution in [1.82, 2.24) is 20.5 Å². The number of hydrogen-bond acceptors (Lipinski definition) is 5. The topological polar surface area (TPSA) is 100 Å². The molecule has 4 N–H and O–H groups in total. The molecule has 2 aliphatic carbocycles. The van der Waals surface area contributed by atoms with Gasteiger partial charge in [0.25, 0.3) is 0 Å². The molecular formula is C31H39N5O2. The molecular weight excluding hydrogens is 474 g/mol. The highest BCUT2D eigenvalue weighted by Gasteiger charge is 2.36. The van der Waals surface area contributed by atoms with E-state index in [4.69, 9.17) is 5.73 Å². The smallest absolute Gasteiger partial charge is 0.222 e.